The van der Waals surface area contributed by atoms with E-state index in [1.807, 2.05) is 13.0 Å². The summed E-state index contributed by atoms with van der Waals surface area (Å²) in [6.07, 6.45) is 1.43. The summed E-state index contributed by atoms with van der Waals surface area (Å²) in [5, 5.41) is 23.3. The van der Waals surface area contributed by atoms with Gasteiger partial charge in [0.15, 0.2) is 0 Å². The van der Waals surface area contributed by atoms with Crippen LogP contribution < -0.4 is 10.6 Å². The lowest BCUT2D eigenvalue weighted by Crippen LogP contribution is -2.23. The molecular weight excluding hydrogens is 296 g/mol. The van der Waals surface area contributed by atoms with E-state index in [1.165, 1.54) is 13.1 Å². The molecule has 122 valence electrons. The molecule has 0 unspecified atom stereocenters. The van der Waals surface area contributed by atoms with Crippen molar-refractivity contribution < 1.29 is 14.7 Å². The molecule has 0 aromatic heterocycles. The van der Waals surface area contributed by atoms with Crippen LogP contribution in [0.1, 0.15) is 13.8 Å². The zero-order valence-electron chi connectivity index (χ0n) is 13.2. The lowest BCUT2D eigenvalue weighted by molar-refractivity contribution is -0.114. The molecule has 1 aromatic rings. The third kappa shape index (κ3) is 6.20. The largest absolute Gasteiger partial charge is 0.395 e. The van der Waals surface area contributed by atoms with E-state index in [0.29, 0.717) is 24.5 Å². The zero-order valence-corrected chi connectivity index (χ0v) is 13.2. The van der Waals surface area contributed by atoms with Gasteiger partial charge >= 0.3 is 0 Å². The highest BCUT2D eigenvalue weighted by atomic mass is 16.3. The number of rotatable bonds is 7. The van der Waals surface area contributed by atoms with Gasteiger partial charge in [0.1, 0.15) is 11.6 Å². The van der Waals surface area contributed by atoms with Gasteiger partial charge in [0, 0.05) is 37.6 Å². The number of nitriles is 1. The van der Waals surface area contributed by atoms with Crippen LogP contribution in [0.25, 0.3) is 0 Å². The molecule has 0 saturated carbocycles. The van der Waals surface area contributed by atoms with Crippen LogP contribution in [0.3, 0.4) is 0 Å². The molecule has 23 heavy (non-hydrogen) atoms. The summed E-state index contributed by atoms with van der Waals surface area (Å²) < 4.78 is 0. The highest BCUT2D eigenvalue weighted by Crippen LogP contribution is 2.14. The van der Waals surface area contributed by atoms with E-state index in [-0.39, 0.29) is 18.1 Å². The van der Waals surface area contributed by atoms with Gasteiger partial charge in [-0.1, -0.05) is 0 Å². The summed E-state index contributed by atoms with van der Waals surface area (Å²) in [4.78, 5) is 24.7. The Morgan fingerprint density at radius 1 is 1.26 bits per heavy atom. The highest BCUT2D eigenvalue weighted by molar-refractivity contribution is 6.06. The number of hydrogen-bond acceptors (Lipinski definition) is 5. The molecule has 2 amide bonds. The Balaban J connectivity index is 2.78. The van der Waals surface area contributed by atoms with E-state index in [1.54, 1.807) is 29.2 Å². The quantitative estimate of drug-likeness (QED) is 0.519. The minimum Gasteiger partial charge on any atom is -0.395 e. The molecule has 0 aliphatic heterocycles. The van der Waals surface area contributed by atoms with Crippen molar-refractivity contribution in [3.8, 4) is 6.07 Å². The Morgan fingerprint density at radius 3 is 2.26 bits per heavy atom. The van der Waals surface area contributed by atoms with Crippen LogP contribution in [0.15, 0.2) is 36.0 Å². The Morgan fingerprint density at radius 2 is 1.83 bits per heavy atom. The van der Waals surface area contributed by atoms with Crippen molar-refractivity contribution in [3.63, 3.8) is 0 Å². The fourth-order valence-corrected chi connectivity index (χ4v) is 1.80. The van der Waals surface area contributed by atoms with Crippen molar-refractivity contribution in [1.82, 2.24) is 4.90 Å². The maximum absolute atomic E-state index is 12.1. The van der Waals surface area contributed by atoms with E-state index in [0.717, 1.165) is 0 Å². The van der Waals surface area contributed by atoms with Gasteiger partial charge in [-0.15, -0.1) is 0 Å². The predicted octanol–water partition coefficient (Wildman–Crippen LogP) is 1.31. The molecule has 0 heterocycles. The van der Waals surface area contributed by atoms with Crippen molar-refractivity contribution in [2.75, 3.05) is 30.3 Å². The molecule has 1 aromatic carbocycles. The molecule has 3 N–H and O–H groups in total. The van der Waals surface area contributed by atoms with Crippen LogP contribution >= 0.6 is 0 Å². The normalized spacial score (nSPS) is 10.6. The van der Waals surface area contributed by atoms with E-state index >= 15 is 0 Å². The lowest BCUT2D eigenvalue weighted by Gasteiger charge is -2.17. The van der Waals surface area contributed by atoms with Crippen LogP contribution in [0.4, 0.5) is 11.4 Å². The SMILES string of the molecule is CCN(/C=C(/C#N)C(=O)Nc1ccc(NC(C)=O)cc1)CCO. The maximum Gasteiger partial charge on any atom is 0.267 e. The minimum atomic E-state index is -0.531. The molecule has 0 aliphatic carbocycles. The summed E-state index contributed by atoms with van der Waals surface area (Å²) in [7, 11) is 0. The molecule has 0 aliphatic rings. The van der Waals surface area contributed by atoms with Gasteiger partial charge in [-0.25, -0.2) is 0 Å². The molecule has 0 fully saturated rings. The first-order valence-corrected chi connectivity index (χ1v) is 7.16. The van der Waals surface area contributed by atoms with E-state index < -0.39 is 5.91 Å². The molecule has 0 atom stereocenters. The van der Waals surface area contributed by atoms with Crippen LogP contribution in [-0.2, 0) is 9.59 Å². The van der Waals surface area contributed by atoms with Gasteiger partial charge in [0.05, 0.1) is 6.61 Å². The molecule has 7 heteroatoms. The maximum atomic E-state index is 12.1. The first-order chi connectivity index (χ1) is 11.0. The monoisotopic (exact) mass is 316 g/mol. The number of benzene rings is 1. The molecule has 7 nitrogen and oxygen atoms in total. The Labute approximate surface area is 135 Å². The van der Waals surface area contributed by atoms with Gasteiger partial charge in [-0.3, -0.25) is 9.59 Å². The van der Waals surface area contributed by atoms with Gasteiger partial charge in [-0.05, 0) is 31.2 Å². The number of nitrogens with zero attached hydrogens (tertiary/aromatic N) is 2. The van der Waals surface area contributed by atoms with Crippen LogP contribution in [0.5, 0.6) is 0 Å². The predicted molar refractivity (Wildman–Crippen MR) is 87.4 cm³/mol. The standard InChI is InChI=1S/C16H20N4O3/c1-3-20(8-9-21)11-13(10-17)16(23)19-15-6-4-14(5-7-15)18-12(2)22/h4-7,11,21H,3,8-9H2,1-2H3,(H,18,22)(H,19,23)/b13-11-. The molecule has 0 saturated heterocycles. The lowest BCUT2D eigenvalue weighted by atomic mass is 10.2. The molecule has 0 spiro atoms. The van der Waals surface area contributed by atoms with E-state index in [2.05, 4.69) is 10.6 Å². The molecule has 0 bridgehead atoms. The average Bonchev–Trinajstić information content (AvgIpc) is 2.52. The summed E-state index contributed by atoms with van der Waals surface area (Å²) in [5.41, 5.74) is 1.08. The second kappa shape index (κ2) is 9.23. The van der Waals surface area contributed by atoms with Gasteiger partial charge in [-0.2, -0.15) is 5.26 Å². The number of anilines is 2. The van der Waals surface area contributed by atoms with Crippen molar-refractivity contribution in [2.24, 2.45) is 0 Å². The summed E-state index contributed by atoms with van der Waals surface area (Å²) in [6.45, 7) is 4.13. The fraction of sp³-hybridized carbons (Fsp3) is 0.312. The van der Waals surface area contributed by atoms with Gasteiger partial charge in [0.25, 0.3) is 5.91 Å². The number of amides is 2. The zero-order chi connectivity index (χ0) is 17.2. The number of aliphatic hydroxyl groups excluding tert-OH is 1. The first kappa shape index (κ1) is 18.2. The molecule has 1 rings (SSSR count). The fourth-order valence-electron chi connectivity index (χ4n) is 1.80. The number of nitrogens with one attached hydrogen (secondary N) is 2. The smallest absolute Gasteiger partial charge is 0.267 e. The van der Waals surface area contributed by atoms with Crippen LogP contribution in [0.2, 0.25) is 0 Å². The van der Waals surface area contributed by atoms with Crippen molar-refractivity contribution in [3.05, 3.63) is 36.0 Å². The second-order valence-electron chi connectivity index (χ2n) is 4.72. The number of carbonyl (C=O) groups excluding carboxylic acids is 2. The Bertz CT molecular complexity index is 617. The summed E-state index contributed by atoms with van der Waals surface area (Å²) in [5.74, 6) is -0.712. The number of carbonyl (C=O) groups is 2. The minimum absolute atomic E-state index is 0.0498. The van der Waals surface area contributed by atoms with Crippen LogP contribution in [0, 0.1) is 11.3 Å². The van der Waals surface area contributed by atoms with Crippen molar-refractivity contribution in [1.29, 1.82) is 5.26 Å². The second-order valence-corrected chi connectivity index (χ2v) is 4.72. The van der Waals surface area contributed by atoms with E-state index in [4.69, 9.17) is 10.4 Å². The van der Waals surface area contributed by atoms with Gasteiger partial charge in [0.2, 0.25) is 5.91 Å². The topological polar surface area (TPSA) is 105 Å². The summed E-state index contributed by atoms with van der Waals surface area (Å²) >= 11 is 0. The molecule has 0 radical (unpaired) electrons. The van der Waals surface area contributed by atoms with Crippen LogP contribution in [-0.4, -0.2) is 41.5 Å². The summed E-state index contributed by atoms with van der Waals surface area (Å²) in [6, 6.07) is 8.41. The van der Waals surface area contributed by atoms with Gasteiger partial charge < -0.3 is 20.6 Å². The number of aliphatic hydroxyl groups is 1. The Kier molecular flexibility index (Phi) is 7.30. The Hall–Kier alpha value is -2.85. The highest BCUT2D eigenvalue weighted by Gasteiger charge is 2.11. The average molecular weight is 316 g/mol. The third-order valence-electron chi connectivity index (χ3n) is 2.93. The number of likely N-dealkylation sites (N-methyl/N-ethyl adjacent to an activating group) is 1. The van der Waals surface area contributed by atoms with Crippen molar-refractivity contribution in [2.45, 2.75) is 13.8 Å². The first-order valence-electron chi connectivity index (χ1n) is 7.16. The van der Waals surface area contributed by atoms with Crippen molar-refractivity contribution >= 4 is 23.2 Å². The van der Waals surface area contributed by atoms with E-state index in [9.17, 15) is 9.59 Å². The molecular formula is C16H20N4O3. The number of hydrogen-bond donors (Lipinski definition) is 3. The third-order valence-corrected chi connectivity index (χ3v) is 2.93.